The highest BCUT2D eigenvalue weighted by molar-refractivity contribution is 7.92. The molecule has 6 nitrogen and oxygen atoms in total. The van der Waals surface area contributed by atoms with Crippen LogP contribution in [-0.4, -0.2) is 20.9 Å². The van der Waals surface area contributed by atoms with Crippen LogP contribution in [0.25, 0.3) is 0 Å². The number of aryl methyl sites for hydroxylation is 2. The first kappa shape index (κ1) is 19.7. The molecule has 0 aliphatic rings. The molecule has 146 valence electrons. The van der Waals surface area contributed by atoms with E-state index in [-0.39, 0.29) is 18.0 Å². The molecule has 1 heterocycles. The normalized spacial score (nSPS) is 11.2. The molecule has 0 aliphatic heterocycles. The molecular formula is C21H22N2O4S. The van der Waals surface area contributed by atoms with Gasteiger partial charge in [-0.05, 0) is 55.3 Å². The van der Waals surface area contributed by atoms with Crippen molar-refractivity contribution in [3.05, 3.63) is 83.8 Å². The second kappa shape index (κ2) is 8.31. The molecule has 0 bridgehead atoms. The lowest BCUT2D eigenvalue weighted by Crippen LogP contribution is -2.41. The molecule has 3 aromatic rings. The number of carbonyl (C=O) groups is 1. The van der Waals surface area contributed by atoms with Gasteiger partial charge in [-0.3, -0.25) is 9.10 Å². The van der Waals surface area contributed by atoms with Crippen molar-refractivity contribution >= 4 is 21.6 Å². The molecule has 0 aliphatic carbocycles. The molecule has 1 amide bonds. The van der Waals surface area contributed by atoms with Gasteiger partial charge in [0.15, 0.2) is 0 Å². The van der Waals surface area contributed by atoms with Gasteiger partial charge in [0, 0.05) is 0 Å². The third-order valence-corrected chi connectivity index (χ3v) is 6.07. The number of hydrogen-bond acceptors (Lipinski definition) is 4. The molecule has 2 aromatic carbocycles. The zero-order valence-electron chi connectivity index (χ0n) is 15.8. The van der Waals surface area contributed by atoms with E-state index < -0.39 is 15.9 Å². The van der Waals surface area contributed by atoms with Crippen molar-refractivity contribution in [1.82, 2.24) is 5.32 Å². The quantitative estimate of drug-likeness (QED) is 0.661. The van der Waals surface area contributed by atoms with Crippen LogP contribution in [0.1, 0.15) is 16.9 Å². The van der Waals surface area contributed by atoms with E-state index in [1.165, 1.54) is 18.4 Å². The molecule has 0 radical (unpaired) electrons. The SMILES string of the molecule is Cc1ccc(C)c(N(CC(=O)NCc2ccco2)S(=O)(=O)c2ccccc2)c1. The lowest BCUT2D eigenvalue weighted by molar-refractivity contribution is -0.119. The molecule has 28 heavy (non-hydrogen) atoms. The Morgan fingerprint density at radius 3 is 2.46 bits per heavy atom. The van der Waals surface area contributed by atoms with Crippen molar-refractivity contribution < 1.29 is 17.6 Å². The Bertz CT molecular complexity index is 1050. The minimum atomic E-state index is -3.91. The Hall–Kier alpha value is -3.06. The molecule has 7 heteroatoms. The summed E-state index contributed by atoms with van der Waals surface area (Å²) in [5, 5.41) is 2.70. The first-order valence-corrected chi connectivity index (χ1v) is 10.3. The highest BCUT2D eigenvalue weighted by atomic mass is 32.2. The van der Waals surface area contributed by atoms with Crippen molar-refractivity contribution in [3.8, 4) is 0 Å². The number of rotatable bonds is 7. The maximum absolute atomic E-state index is 13.3. The van der Waals surface area contributed by atoms with E-state index in [1.54, 1.807) is 36.4 Å². The van der Waals surface area contributed by atoms with Crippen molar-refractivity contribution in [3.63, 3.8) is 0 Å². The van der Waals surface area contributed by atoms with Gasteiger partial charge in [0.2, 0.25) is 5.91 Å². The number of anilines is 1. The van der Waals surface area contributed by atoms with E-state index in [0.717, 1.165) is 15.4 Å². The number of sulfonamides is 1. The summed E-state index contributed by atoms with van der Waals surface area (Å²) in [6.45, 7) is 3.57. The molecule has 3 rings (SSSR count). The number of carbonyl (C=O) groups excluding carboxylic acids is 1. The number of benzene rings is 2. The van der Waals surface area contributed by atoms with Crippen LogP contribution in [0.2, 0.25) is 0 Å². The minimum absolute atomic E-state index is 0.134. The highest BCUT2D eigenvalue weighted by Crippen LogP contribution is 2.27. The summed E-state index contributed by atoms with van der Waals surface area (Å²) < 4.78 is 32.9. The summed E-state index contributed by atoms with van der Waals surface area (Å²) >= 11 is 0. The van der Waals surface area contributed by atoms with Gasteiger partial charge in [-0.1, -0.05) is 30.3 Å². The van der Waals surface area contributed by atoms with Gasteiger partial charge in [0.05, 0.1) is 23.4 Å². The number of hydrogen-bond donors (Lipinski definition) is 1. The number of amides is 1. The van der Waals surface area contributed by atoms with Gasteiger partial charge in [-0.2, -0.15) is 0 Å². The van der Waals surface area contributed by atoms with E-state index in [0.29, 0.717) is 11.4 Å². The molecule has 0 saturated heterocycles. The van der Waals surface area contributed by atoms with Crippen molar-refractivity contribution in [2.24, 2.45) is 0 Å². The smallest absolute Gasteiger partial charge is 0.264 e. The average Bonchev–Trinajstić information content (AvgIpc) is 3.21. The van der Waals surface area contributed by atoms with E-state index in [2.05, 4.69) is 5.32 Å². The maximum Gasteiger partial charge on any atom is 0.264 e. The van der Waals surface area contributed by atoms with Crippen LogP contribution in [0.4, 0.5) is 5.69 Å². The minimum Gasteiger partial charge on any atom is -0.467 e. The summed E-state index contributed by atoms with van der Waals surface area (Å²) in [5.41, 5.74) is 2.16. The van der Waals surface area contributed by atoms with Crippen molar-refractivity contribution in [2.75, 3.05) is 10.8 Å². The largest absolute Gasteiger partial charge is 0.467 e. The topological polar surface area (TPSA) is 79.6 Å². The molecule has 0 fully saturated rings. The van der Waals surface area contributed by atoms with Crippen LogP contribution >= 0.6 is 0 Å². The third-order valence-electron chi connectivity index (χ3n) is 4.29. The van der Waals surface area contributed by atoms with Crippen LogP contribution in [0, 0.1) is 13.8 Å². The van der Waals surface area contributed by atoms with Gasteiger partial charge in [0.1, 0.15) is 12.3 Å². The molecule has 0 spiro atoms. The molecule has 1 aromatic heterocycles. The molecule has 0 saturated carbocycles. The van der Waals surface area contributed by atoms with Crippen LogP contribution in [0.5, 0.6) is 0 Å². The summed E-state index contributed by atoms with van der Waals surface area (Å²) in [5.74, 6) is 0.175. The van der Waals surface area contributed by atoms with Crippen LogP contribution in [0.3, 0.4) is 0 Å². The Balaban J connectivity index is 1.93. The number of nitrogens with zero attached hydrogens (tertiary/aromatic N) is 1. The molecule has 0 unspecified atom stereocenters. The van der Waals surface area contributed by atoms with Gasteiger partial charge in [-0.15, -0.1) is 0 Å². The molecule has 1 N–H and O–H groups in total. The first-order chi connectivity index (χ1) is 13.4. The summed E-state index contributed by atoms with van der Waals surface area (Å²) in [4.78, 5) is 12.7. The van der Waals surface area contributed by atoms with E-state index in [9.17, 15) is 13.2 Å². The summed E-state index contributed by atoms with van der Waals surface area (Å²) in [7, 11) is -3.91. The van der Waals surface area contributed by atoms with Crippen LogP contribution in [-0.2, 0) is 21.4 Å². The van der Waals surface area contributed by atoms with Gasteiger partial charge in [-0.25, -0.2) is 8.42 Å². The zero-order valence-corrected chi connectivity index (χ0v) is 16.6. The van der Waals surface area contributed by atoms with E-state index >= 15 is 0 Å². The van der Waals surface area contributed by atoms with Gasteiger partial charge < -0.3 is 9.73 Å². The fourth-order valence-corrected chi connectivity index (χ4v) is 4.29. The van der Waals surface area contributed by atoms with E-state index in [1.807, 2.05) is 26.0 Å². The zero-order chi connectivity index (χ0) is 20.1. The molecule has 0 atom stereocenters. The first-order valence-electron chi connectivity index (χ1n) is 8.82. The Labute approximate surface area is 164 Å². The predicted molar refractivity (Wildman–Crippen MR) is 107 cm³/mol. The predicted octanol–water partition coefficient (Wildman–Crippen LogP) is 3.41. The number of furan rings is 1. The van der Waals surface area contributed by atoms with Crippen molar-refractivity contribution in [2.45, 2.75) is 25.3 Å². The highest BCUT2D eigenvalue weighted by Gasteiger charge is 2.28. The number of nitrogens with one attached hydrogen (secondary N) is 1. The maximum atomic E-state index is 13.3. The van der Waals surface area contributed by atoms with Gasteiger partial charge in [0.25, 0.3) is 10.0 Å². The fraction of sp³-hybridized carbons (Fsp3) is 0.190. The summed E-state index contributed by atoms with van der Waals surface area (Å²) in [6, 6.07) is 17.1. The third kappa shape index (κ3) is 4.43. The average molecular weight is 398 g/mol. The molecular weight excluding hydrogens is 376 g/mol. The van der Waals surface area contributed by atoms with Crippen molar-refractivity contribution in [1.29, 1.82) is 0 Å². The monoisotopic (exact) mass is 398 g/mol. The van der Waals surface area contributed by atoms with Gasteiger partial charge >= 0.3 is 0 Å². The fourth-order valence-electron chi connectivity index (χ4n) is 2.79. The lowest BCUT2D eigenvalue weighted by atomic mass is 10.1. The van der Waals surface area contributed by atoms with Crippen LogP contribution in [0.15, 0.2) is 76.2 Å². The Kier molecular flexibility index (Phi) is 5.84. The second-order valence-electron chi connectivity index (χ2n) is 6.47. The van der Waals surface area contributed by atoms with Crippen LogP contribution < -0.4 is 9.62 Å². The van der Waals surface area contributed by atoms with E-state index in [4.69, 9.17) is 4.42 Å². The summed E-state index contributed by atoms with van der Waals surface area (Å²) in [6.07, 6.45) is 1.52. The lowest BCUT2D eigenvalue weighted by Gasteiger charge is -2.26. The Morgan fingerprint density at radius 1 is 1.04 bits per heavy atom. The Morgan fingerprint density at radius 2 is 1.79 bits per heavy atom. The standard InChI is InChI=1S/C21H22N2O4S/c1-16-10-11-17(2)20(13-16)23(28(25,26)19-8-4-3-5-9-19)15-21(24)22-14-18-7-6-12-27-18/h3-13H,14-15H2,1-2H3,(H,22,24). The second-order valence-corrected chi connectivity index (χ2v) is 8.33.